The molecule has 0 radical (unpaired) electrons. The van der Waals surface area contributed by atoms with Crippen LogP contribution in [0.2, 0.25) is 0 Å². The van der Waals surface area contributed by atoms with Gasteiger partial charge in [0.05, 0.1) is 6.26 Å². The van der Waals surface area contributed by atoms with Crippen LogP contribution in [-0.4, -0.2) is 12.6 Å². The third kappa shape index (κ3) is 4.40. The van der Waals surface area contributed by atoms with Crippen molar-refractivity contribution in [2.75, 3.05) is 6.54 Å². The molecule has 16 heavy (non-hydrogen) atoms. The number of furan rings is 1. The van der Waals surface area contributed by atoms with E-state index in [4.69, 9.17) is 4.42 Å². The molecule has 1 atom stereocenters. The summed E-state index contributed by atoms with van der Waals surface area (Å²) in [5, 5.41) is 3.52. The predicted octanol–water partition coefficient (Wildman–Crippen LogP) is 3.48. The van der Waals surface area contributed by atoms with Gasteiger partial charge in [0.1, 0.15) is 5.76 Å². The van der Waals surface area contributed by atoms with Gasteiger partial charge in [-0.25, -0.2) is 0 Å². The normalized spacial score (nSPS) is 14.4. The highest BCUT2D eigenvalue weighted by atomic mass is 16.3. The van der Waals surface area contributed by atoms with Gasteiger partial charge in [0.15, 0.2) is 0 Å². The maximum Gasteiger partial charge on any atom is 0.104 e. The molecule has 0 aliphatic heterocycles. The summed E-state index contributed by atoms with van der Waals surface area (Å²) in [7, 11) is 0. The summed E-state index contributed by atoms with van der Waals surface area (Å²) in [5.74, 6) is 1.69. The molecule has 2 heteroatoms. The average molecular weight is 223 g/mol. The second-order valence-electron chi connectivity index (χ2n) is 5.91. The monoisotopic (exact) mass is 223 g/mol. The Morgan fingerprint density at radius 2 is 2.00 bits per heavy atom. The van der Waals surface area contributed by atoms with Crippen LogP contribution in [0, 0.1) is 11.3 Å². The van der Waals surface area contributed by atoms with E-state index in [1.165, 1.54) is 0 Å². The van der Waals surface area contributed by atoms with E-state index in [1.54, 1.807) is 6.26 Å². The van der Waals surface area contributed by atoms with Crippen molar-refractivity contribution in [3.63, 3.8) is 0 Å². The van der Waals surface area contributed by atoms with Gasteiger partial charge in [-0.05, 0) is 30.0 Å². The highest BCUT2D eigenvalue weighted by Crippen LogP contribution is 2.28. The molecule has 1 N–H and O–H groups in total. The topological polar surface area (TPSA) is 25.2 Å². The average Bonchev–Trinajstić information content (AvgIpc) is 2.62. The van der Waals surface area contributed by atoms with Gasteiger partial charge in [0.2, 0.25) is 0 Å². The molecule has 0 aromatic carbocycles. The van der Waals surface area contributed by atoms with Gasteiger partial charge in [-0.1, -0.05) is 34.6 Å². The Morgan fingerprint density at radius 1 is 1.31 bits per heavy atom. The number of nitrogens with one attached hydrogen (secondary N) is 1. The van der Waals surface area contributed by atoms with E-state index >= 15 is 0 Å². The van der Waals surface area contributed by atoms with Gasteiger partial charge in [-0.2, -0.15) is 0 Å². The Hall–Kier alpha value is -0.760. The fourth-order valence-electron chi connectivity index (χ4n) is 1.73. The molecule has 0 fully saturated rings. The molecular weight excluding hydrogens is 198 g/mol. The highest BCUT2D eigenvalue weighted by molar-refractivity contribution is 5.00. The van der Waals surface area contributed by atoms with Crippen LogP contribution in [0.1, 0.15) is 40.4 Å². The SMILES string of the molecule is CC(C)NCC(Cc1ccco1)C(C)(C)C. The zero-order chi connectivity index (χ0) is 12.2. The second-order valence-corrected chi connectivity index (χ2v) is 5.91. The zero-order valence-corrected chi connectivity index (χ0v) is 11.2. The molecule has 1 heterocycles. The molecule has 1 unspecified atom stereocenters. The van der Waals surface area contributed by atoms with Crippen molar-refractivity contribution in [1.29, 1.82) is 0 Å². The summed E-state index contributed by atoms with van der Waals surface area (Å²) in [4.78, 5) is 0. The lowest BCUT2D eigenvalue weighted by Gasteiger charge is -2.31. The molecular formula is C14H25NO. The Bertz CT molecular complexity index is 282. The standard InChI is InChI=1S/C14H25NO/c1-11(2)15-10-12(14(3,4)5)9-13-7-6-8-16-13/h6-8,11-12,15H,9-10H2,1-5H3. The molecule has 2 nitrogen and oxygen atoms in total. The molecule has 1 aromatic rings. The van der Waals surface area contributed by atoms with Crippen LogP contribution >= 0.6 is 0 Å². The summed E-state index contributed by atoms with van der Waals surface area (Å²) in [6.07, 6.45) is 2.77. The molecule has 0 aliphatic rings. The van der Waals surface area contributed by atoms with E-state index < -0.39 is 0 Å². The predicted molar refractivity (Wildman–Crippen MR) is 68.5 cm³/mol. The van der Waals surface area contributed by atoms with Gasteiger partial charge >= 0.3 is 0 Å². The van der Waals surface area contributed by atoms with E-state index in [1.807, 2.05) is 6.07 Å². The number of rotatable bonds is 5. The third-order valence-corrected chi connectivity index (χ3v) is 3.02. The van der Waals surface area contributed by atoms with E-state index in [0.717, 1.165) is 18.7 Å². The van der Waals surface area contributed by atoms with Crippen molar-refractivity contribution < 1.29 is 4.42 Å². The zero-order valence-electron chi connectivity index (χ0n) is 11.2. The minimum absolute atomic E-state index is 0.300. The van der Waals surface area contributed by atoms with Crippen LogP contribution in [-0.2, 0) is 6.42 Å². The first-order chi connectivity index (χ1) is 7.39. The van der Waals surface area contributed by atoms with Crippen molar-refractivity contribution >= 4 is 0 Å². The van der Waals surface area contributed by atoms with Gasteiger partial charge in [0, 0.05) is 12.5 Å². The molecule has 0 aliphatic carbocycles. The van der Waals surface area contributed by atoms with E-state index in [2.05, 4.69) is 46.0 Å². The molecule has 92 valence electrons. The van der Waals surface area contributed by atoms with Crippen LogP contribution in [0.3, 0.4) is 0 Å². The summed E-state index contributed by atoms with van der Waals surface area (Å²) < 4.78 is 5.44. The van der Waals surface area contributed by atoms with E-state index in [9.17, 15) is 0 Å². The summed E-state index contributed by atoms with van der Waals surface area (Å²) in [6.45, 7) is 12.3. The van der Waals surface area contributed by atoms with Crippen LogP contribution in [0.4, 0.5) is 0 Å². The van der Waals surface area contributed by atoms with E-state index in [-0.39, 0.29) is 0 Å². The Morgan fingerprint density at radius 3 is 2.44 bits per heavy atom. The summed E-state index contributed by atoms with van der Waals surface area (Å²) >= 11 is 0. The Kier molecular flexibility index (Phi) is 4.60. The molecule has 0 bridgehead atoms. The molecule has 0 saturated carbocycles. The molecule has 1 aromatic heterocycles. The van der Waals surface area contributed by atoms with Crippen molar-refractivity contribution in [3.8, 4) is 0 Å². The largest absolute Gasteiger partial charge is 0.469 e. The van der Waals surface area contributed by atoms with Crippen molar-refractivity contribution in [2.45, 2.75) is 47.1 Å². The van der Waals surface area contributed by atoms with Gasteiger partial charge in [-0.3, -0.25) is 0 Å². The lowest BCUT2D eigenvalue weighted by atomic mass is 9.78. The molecule has 1 rings (SSSR count). The maximum absolute atomic E-state index is 5.44. The fourth-order valence-corrected chi connectivity index (χ4v) is 1.73. The van der Waals surface area contributed by atoms with Crippen molar-refractivity contribution in [1.82, 2.24) is 5.32 Å². The minimum atomic E-state index is 0.300. The molecule has 0 spiro atoms. The second kappa shape index (κ2) is 5.53. The summed E-state index contributed by atoms with van der Waals surface area (Å²) in [5.41, 5.74) is 0.300. The van der Waals surface area contributed by atoms with Crippen LogP contribution in [0.5, 0.6) is 0 Å². The molecule has 0 saturated heterocycles. The minimum Gasteiger partial charge on any atom is -0.469 e. The first-order valence-electron chi connectivity index (χ1n) is 6.15. The third-order valence-electron chi connectivity index (χ3n) is 3.02. The van der Waals surface area contributed by atoms with E-state index in [0.29, 0.717) is 17.4 Å². The fraction of sp³-hybridized carbons (Fsp3) is 0.714. The summed E-state index contributed by atoms with van der Waals surface area (Å²) in [6, 6.07) is 4.57. The van der Waals surface area contributed by atoms with Crippen molar-refractivity contribution in [2.24, 2.45) is 11.3 Å². The van der Waals surface area contributed by atoms with Gasteiger partial charge in [-0.15, -0.1) is 0 Å². The van der Waals surface area contributed by atoms with Crippen LogP contribution in [0.15, 0.2) is 22.8 Å². The quantitative estimate of drug-likeness (QED) is 0.826. The van der Waals surface area contributed by atoms with Gasteiger partial charge in [0.25, 0.3) is 0 Å². The smallest absolute Gasteiger partial charge is 0.104 e. The maximum atomic E-state index is 5.44. The Balaban J connectivity index is 2.58. The van der Waals surface area contributed by atoms with Crippen molar-refractivity contribution in [3.05, 3.63) is 24.2 Å². The number of hydrogen-bond donors (Lipinski definition) is 1. The number of hydrogen-bond acceptors (Lipinski definition) is 2. The van der Waals surface area contributed by atoms with Crippen LogP contribution < -0.4 is 5.32 Å². The van der Waals surface area contributed by atoms with Gasteiger partial charge < -0.3 is 9.73 Å². The first-order valence-corrected chi connectivity index (χ1v) is 6.15. The lowest BCUT2D eigenvalue weighted by Crippen LogP contribution is -2.36. The highest BCUT2D eigenvalue weighted by Gasteiger charge is 2.25. The van der Waals surface area contributed by atoms with Crippen LogP contribution in [0.25, 0.3) is 0 Å². The molecule has 0 amide bonds. The lowest BCUT2D eigenvalue weighted by molar-refractivity contribution is 0.216. The Labute approximate surface area is 99.4 Å². The first kappa shape index (κ1) is 13.3.